The molecule has 3 aromatic rings. The highest BCUT2D eigenvalue weighted by molar-refractivity contribution is 7.99. The van der Waals surface area contributed by atoms with Gasteiger partial charge in [0.15, 0.2) is 11.6 Å². The summed E-state index contributed by atoms with van der Waals surface area (Å²) in [6, 6.07) is 17.6. The SMILES string of the molecule is O=C(CSCc1cccc(CC(F)(F)F)c1)OCc1ccc2c(c1)C(=O)c1ccccc1C2=O. The average Bonchev–Trinajstić information content (AvgIpc) is 2.80. The Balaban J connectivity index is 1.31. The topological polar surface area (TPSA) is 60.4 Å². The van der Waals surface area contributed by atoms with Crippen molar-refractivity contribution in [2.45, 2.75) is 25.0 Å². The number of benzene rings is 3. The number of carbonyl (C=O) groups is 3. The molecular weight excluding hydrogens is 465 g/mol. The van der Waals surface area contributed by atoms with Crippen LogP contribution in [0.2, 0.25) is 0 Å². The van der Waals surface area contributed by atoms with Crippen LogP contribution in [0.25, 0.3) is 0 Å². The van der Waals surface area contributed by atoms with Gasteiger partial charge in [-0.15, -0.1) is 11.8 Å². The summed E-state index contributed by atoms with van der Waals surface area (Å²) in [6.07, 6.45) is -5.26. The third-order valence-electron chi connectivity index (χ3n) is 5.27. The average molecular weight is 484 g/mol. The van der Waals surface area contributed by atoms with Crippen LogP contribution in [0.5, 0.6) is 0 Å². The van der Waals surface area contributed by atoms with Crippen LogP contribution in [0.3, 0.4) is 0 Å². The van der Waals surface area contributed by atoms with Crippen molar-refractivity contribution < 1.29 is 32.3 Å². The first-order valence-electron chi connectivity index (χ1n) is 10.4. The number of rotatable bonds is 7. The van der Waals surface area contributed by atoms with Crippen LogP contribution in [0.1, 0.15) is 48.5 Å². The molecular formula is C26H19F3O4S. The number of ether oxygens (including phenoxy) is 1. The van der Waals surface area contributed by atoms with Crippen molar-refractivity contribution in [1.29, 1.82) is 0 Å². The lowest BCUT2D eigenvalue weighted by Crippen LogP contribution is -2.21. The summed E-state index contributed by atoms with van der Waals surface area (Å²) >= 11 is 1.24. The van der Waals surface area contributed by atoms with Crippen molar-refractivity contribution in [2.75, 3.05) is 5.75 Å². The van der Waals surface area contributed by atoms with E-state index in [1.165, 1.54) is 23.9 Å². The van der Waals surface area contributed by atoms with E-state index in [1.54, 1.807) is 54.6 Å². The van der Waals surface area contributed by atoms with Gasteiger partial charge in [0.05, 0.1) is 12.2 Å². The minimum atomic E-state index is -4.27. The van der Waals surface area contributed by atoms with Gasteiger partial charge in [0.1, 0.15) is 6.61 Å². The Morgan fingerprint density at radius 3 is 2.12 bits per heavy atom. The van der Waals surface area contributed by atoms with Gasteiger partial charge in [-0.2, -0.15) is 13.2 Å². The molecule has 0 aliphatic heterocycles. The van der Waals surface area contributed by atoms with Crippen LogP contribution in [-0.4, -0.2) is 29.5 Å². The summed E-state index contributed by atoms with van der Waals surface area (Å²) in [5.74, 6) is -0.553. The lowest BCUT2D eigenvalue weighted by atomic mass is 9.83. The number of halogens is 3. The maximum atomic E-state index is 12.8. The fourth-order valence-corrected chi connectivity index (χ4v) is 4.52. The van der Waals surface area contributed by atoms with Gasteiger partial charge in [0.25, 0.3) is 0 Å². The Labute approximate surface area is 198 Å². The summed E-state index contributed by atoms with van der Waals surface area (Å²) in [7, 11) is 0. The van der Waals surface area contributed by atoms with Crippen LogP contribution in [0, 0.1) is 0 Å². The van der Waals surface area contributed by atoms with E-state index in [9.17, 15) is 27.6 Å². The zero-order valence-electron chi connectivity index (χ0n) is 17.9. The first-order chi connectivity index (χ1) is 16.2. The van der Waals surface area contributed by atoms with Gasteiger partial charge in [0.2, 0.25) is 0 Å². The van der Waals surface area contributed by atoms with Gasteiger partial charge in [-0.1, -0.05) is 54.6 Å². The minimum Gasteiger partial charge on any atom is -0.460 e. The molecule has 0 spiro atoms. The maximum Gasteiger partial charge on any atom is 0.393 e. The van der Waals surface area contributed by atoms with Crippen molar-refractivity contribution in [3.05, 3.63) is 106 Å². The standard InChI is InChI=1S/C26H19F3O4S/c27-26(28,29)12-16-4-3-5-18(10-16)14-34-15-23(30)33-13-17-8-9-21-22(11-17)25(32)20-7-2-1-6-19(20)24(21)31/h1-11H,12-15H2. The first kappa shape index (κ1) is 23.8. The van der Waals surface area contributed by atoms with E-state index in [0.29, 0.717) is 33.6 Å². The van der Waals surface area contributed by atoms with Crippen LogP contribution in [0.4, 0.5) is 13.2 Å². The molecule has 8 heteroatoms. The lowest BCUT2D eigenvalue weighted by Gasteiger charge is -2.18. The number of esters is 1. The molecule has 4 nitrogen and oxygen atoms in total. The fraction of sp³-hybridized carbons (Fsp3) is 0.192. The molecule has 174 valence electrons. The molecule has 1 aliphatic rings. The third kappa shape index (κ3) is 5.56. The molecule has 0 bridgehead atoms. The normalized spacial score (nSPS) is 12.8. The van der Waals surface area contributed by atoms with E-state index in [4.69, 9.17) is 4.74 Å². The predicted octanol–water partition coefficient (Wildman–Crippen LogP) is 5.54. The van der Waals surface area contributed by atoms with Crippen molar-refractivity contribution in [3.63, 3.8) is 0 Å². The molecule has 0 heterocycles. The summed E-state index contributed by atoms with van der Waals surface area (Å²) in [4.78, 5) is 37.6. The lowest BCUT2D eigenvalue weighted by molar-refractivity contribution is -0.141. The maximum absolute atomic E-state index is 12.8. The molecule has 0 amide bonds. The van der Waals surface area contributed by atoms with Gasteiger partial charge >= 0.3 is 12.1 Å². The predicted molar refractivity (Wildman–Crippen MR) is 122 cm³/mol. The Bertz CT molecular complexity index is 1270. The second-order valence-corrected chi connectivity index (χ2v) is 8.83. The molecule has 0 N–H and O–H groups in total. The first-order valence-corrected chi connectivity index (χ1v) is 11.6. The molecule has 0 aromatic heterocycles. The van der Waals surface area contributed by atoms with E-state index >= 15 is 0 Å². The Hall–Kier alpha value is -3.39. The summed E-state index contributed by atoms with van der Waals surface area (Å²) < 4.78 is 42.9. The van der Waals surface area contributed by atoms with Gasteiger partial charge < -0.3 is 4.74 Å². The molecule has 0 radical (unpaired) electrons. The highest BCUT2D eigenvalue weighted by atomic mass is 32.2. The minimum absolute atomic E-state index is 0.0270. The van der Waals surface area contributed by atoms with E-state index in [1.807, 2.05) is 0 Å². The van der Waals surface area contributed by atoms with Crippen molar-refractivity contribution in [1.82, 2.24) is 0 Å². The quantitative estimate of drug-likeness (QED) is 0.322. The molecule has 0 fully saturated rings. The molecule has 0 saturated heterocycles. The second-order valence-electron chi connectivity index (χ2n) is 7.85. The van der Waals surface area contributed by atoms with Crippen molar-refractivity contribution >= 4 is 29.3 Å². The van der Waals surface area contributed by atoms with Crippen LogP contribution in [0.15, 0.2) is 66.7 Å². The molecule has 34 heavy (non-hydrogen) atoms. The number of carbonyl (C=O) groups excluding carboxylic acids is 3. The van der Waals surface area contributed by atoms with Gasteiger partial charge in [-0.25, -0.2) is 0 Å². The monoisotopic (exact) mass is 484 g/mol. The van der Waals surface area contributed by atoms with E-state index in [0.717, 1.165) is 0 Å². The molecule has 0 saturated carbocycles. The van der Waals surface area contributed by atoms with Crippen LogP contribution < -0.4 is 0 Å². The summed E-state index contributed by atoms with van der Waals surface area (Å²) in [5, 5.41) is 0. The zero-order chi connectivity index (χ0) is 24.3. The number of hydrogen-bond donors (Lipinski definition) is 0. The van der Waals surface area contributed by atoms with Crippen molar-refractivity contribution in [2.24, 2.45) is 0 Å². The molecule has 0 atom stereocenters. The highest BCUT2D eigenvalue weighted by Crippen LogP contribution is 2.28. The van der Waals surface area contributed by atoms with E-state index in [-0.39, 0.29) is 35.1 Å². The van der Waals surface area contributed by atoms with E-state index in [2.05, 4.69) is 0 Å². The number of ketones is 2. The Kier molecular flexibility index (Phi) is 6.88. The summed E-state index contributed by atoms with van der Waals surface area (Å²) in [5.41, 5.74) is 2.78. The number of thioether (sulfide) groups is 1. The number of hydrogen-bond acceptors (Lipinski definition) is 5. The summed E-state index contributed by atoms with van der Waals surface area (Å²) in [6.45, 7) is -0.0587. The Morgan fingerprint density at radius 1 is 0.765 bits per heavy atom. The van der Waals surface area contributed by atoms with Crippen LogP contribution in [-0.2, 0) is 28.3 Å². The Morgan fingerprint density at radius 2 is 1.41 bits per heavy atom. The second kappa shape index (κ2) is 9.85. The van der Waals surface area contributed by atoms with E-state index < -0.39 is 18.6 Å². The van der Waals surface area contributed by atoms with Gasteiger partial charge in [-0.05, 0) is 28.8 Å². The van der Waals surface area contributed by atoms with Gasteiger partial charge in [0, 0.05) is 28.0 Å². The van der Waals surface area contributed by atoms with Crippen LogP contribution >= 0.6 is 11.8 Å². The van der Waals surface area contributed by atoms with Crippen molar-refractivity contribution in [3.8, 4) is 0 Å². The smallest absolute Gasteiger partial charge is 0.393 e. The molecule has 3 aromatic carbocycles. The fourth-order valence-electron chi connectivity index (χ4n) is 3.75. The molecule has 4 rings (SSSR count). The zero-order valence-corrected chi connectivity index (χ0v) is 18.7. The highest BCUT2D eigenvalue weighted by Gasteiger charge is 2.29. The van der Waals surface area contributed by atoms with Gasteiger partial charge in [-0.3, -0.25) is 14.4 Å². The number of alkyl halides is 3. The third-order valence-corrected chi connectivity index (χ3v) is 6.25. The molecule has 1 aliphatic carbocycles. The largest absolute Gasteiger partial charge is 0.460 e. The molecule has 0 unspecified atom stereocenters. The number of fused-ring (bicyclic) bond motifs is 2.